The summed E-state index contributed by atoms with van der Waals surface area (Å²) in [7, 11) is 0. The van der Waals surface area contributed by atoms with E-state index in [1.54, 1.807) is 41.8 Å². The Morgan fingerprint density at radius 3 is 2.42 bits per heavy atom. The fourth-order valence-electron chi connectivity index (χ4n) is 2.87. The summed E-state index contributed by atoms with van der Waals surface area (Å²) < 4.78 is 29.6. The molecule has 0 N–H and O–H groups in total. The third-order valence-corrected chi connectivity index (χ3v) is 4.99. The number of hydrogen-bond donors (Lipinski definition) is 0. The fourth-order valence-corrected chi connectivity index (χ4v) is 3.69. The first-order valence-electron chi connectivity index (χ1n) is 7.78. The number of thiophene rings is 1. The number of aromatic nitrogens is 2. The minimum atomic E-state index is -0.978. The maximum Gasteiger partial charge on any atom is 0.336 e. The lowest BCUT2D eigenvalue weighted by atomic mass is 10.2. The van der Waals surface area contributed by atoms with Crippen molar-refractivity contribution in [2.45, 2.75) is 6.54 Å². The van der Waals surface area contributed by atoms with Crippen molar-refractivity contribution in [2.24, 2.45) is 0 Å². The molecule has 0 spiro atoms. The summed E-state index contributed by atoms with van der Waals surface area (Å²) in [6.45, 7) is 0.0242. The molecule has 26 heavy (non-hydrogen) atoms. The molecule has 4 nitrogen and oxygen atoms in total. The number of rotatable bonds is 3. The first kappa shape index (κ1) is 16.4. The number of para-hydroxylation sites is 1. The lowest BCUT2D eigenvalue weighted by Gasteiger charge is -2.12. The van der Waals surface area contributed by atoms with E-state index in [-0.39, 0.29) is 6.54 Å². The minimum absolute atomic E-state index is 0.0242. The van der Waals surface area contributed by atoms with E-state index in [1.807, 2.05) is 0 Å². The van der Waals surface area contributed by atoms with Crippen LogP contribution in [0.25, 0.3) is 15.9 Å². The largest absolute Gasteiger partial charge is 0.336 e. The van der Waals surface area contributed by atoms with E-state index in [9.17, 15) is 18.4 Å². The smallest absolute Gasteiger partial charge is 0.288 e. The zero-order chi connectivity index (χ0) is 18.3. The third-order valence-electron chi connectivity index (χ3n) is 4.09. The zero-order valence-electron chi connectivity index (χ0n) is 13.4. The van der Waals surface area contributed by atoms with E-state index in [2.05, 4.69) is 0 Å². The summed E-state index contributed by atoms with van der Waals surface area (Å²) in [6.07, 6.45) is 0. The summed E-state index contributed by atoms with van der Waals surface area (Å²) >= 11 is 1.23. The molecule has 7 heteroatoms. The topological polar surface area (TPSA) is 44.0 Å². The highest BCUT2D eigenvalue weighted by Gasteiger charge is 2.16. The molecule has 0 radical (unpaired) electrons. The van der Waals surface area contributed by atoms with Crippen LogP contribution < -0.4 is 11.2 Å². The van der Waals surface area contributed by atoms with Crippen LogP contribution in [-0.2, 0) is 6.54 Å². The second-order valence-corrected chi connectivity index (χ2v) is 6.64. The van der Waals surface area contributed by atoms with Crippen LogP contribution in [0.3, 0.4) is 0 Å². The standard InChI is InChI=1S/C19H12F2N2O2S/c20-14-7-6-12(10-15(14)21)11-22-16-8-9-26-17(16)18(24)23(19(22)25)13-4-2-1-3-5-13/h1-10H,11H2. The minimum Gasteiger partial charge on any atom is -0.288 e. The first-order valence-corrected chi connectivity index (χ1v) is 8.66. The molecule has 2 aromatic heterocycles. The van der Waals surface area contributed by atoms with Crippen molar-refractivity contribution >= 4 is 21.6 Å². The van der Waals surface area contributed by atoms with Gasteiger partial charge in [0.05, 0.1) is 17.7 Å². The van der Waals surface area contributed by atoms with Gasteiger partial charge in [0.25, 0.3) is 5.56 Å². The molecule has 0 aliphatic carbocycles. The number of nitrogens with zero attached hydrogens (tertiary/aromatic N) is 2. The van der Waals surface area contributed by atoms with Crippen molar-refractivity contribution in [3.63, 3.8) is 0 Å². The summed E-state index contributed by atoms with van der Waals surface area (Å²) in [5.74, 6) is -1.93. The van der Waals surface area contributed by atoms with Gasteiger partial charge in [-0.3, -0.25) is 9.36 Å². The molecular weight excluding hydrogens is 358 g/mol. The highest BCUT2D eigenvalue weighted by atomic mass is 32.1. The van der Waals surface area contributed by atoms with Gasteiger partial charge < -0.3 is 0 Å². The fraction of sp³-hybridized carbons (Fsp3) is 0.0526. The summed E-state index contributed by atoms with van der Waals surface area (Å²) in [5.41, 5.74) is 0.431. The normalized spacial score (nSPS) is 11.2. The second kappa shape index (κ2) is 6.34. The van der Waals surface area contributed by atoms with Gasteiger partial charge in [-0.25, -0.2) is 18.1 Å². The Bertz CT molecular complexity index is 1230. The van der Waals surface area contributed by atoms with Crippen LogP contribution in [0.4, 0.5) is 8.78 Å². The average molecular weight is 370 g/mol. The SMILES string of the molecule is O=c1c2sccc2n(Cc2ccc(F)c(F)c2)c(=O)n1-c1ccccc1. The highest BCUT2D eigenvalue weighted by molar-refractivity contribution is 7.17. The molecule has 2 heterocycles. The van der Waals surface area contributed by atoms with Gasteiger partial charge in [0, 0.05) is 0 Å². The molecule has 130 valence electrons. The Kier molecular flexibility index (Phi) is 4.00. The molecule has 0 bridgehead atoms. The summed E-state index contributed by atoms with van der Waals surface area (Å²) in [4.78, 5) is 25.8. The Morgan fingerprint density at radius 2 is 1.69 bits per heavy atom. The Morgan fingerprint density at radius 1 is 0.923 bits per heavy atom. The predicted octanol–water partition coefficient (Wildman–Crippen LogP) is 3.54. The van der Waals surface area contributed by atoms with E-state index >= 15 is 0 Å². The van der Waals surface area contributed by atoms with E-state index in [4.69, 9.17) is 0 Å². The van der Waals surface area contributed by atoms with Gasteiger partial charge in [0.1, 0.15) is 4.70 Å². The molecule has 4 aromatic rings. The van der Waals surface area contributed by atoms with E-state index in [0.717, 1.165) is 16.7 Å². The second-order valence-electron chi connectivity index (χ2n) is 5.73. The van der Waals surface area contributed by atoms with Gasteiger partial charge in [-0.05, 0) is 41.3 Å². The van der Waals surface area contributed by atoms with E-state index < -0.39 is 22.9 Å². The number of benzene rings is 2. The maximum atomic E-state index is 13.5. The van der Waals surface area contributed by atoms with Crippen molar-refractivity contribution in [3.05, 3.63) is 98.0 Å². The molecule has 0 aliphatic rings. The van der Waals surface area contributed by atoms with Crippen molar-refractivity contribution in [1.29, 1.82) is 0 Å². The van der Waals surface area contributed by atoms with Crippen LogP contribution in [0.5, 0.6) is 0 Å². The molecule has 0 unspecified atom stereocenters. The maximum absolute atomic E-state index is 13.5. The summed E-state index contributed by atoms with van der Waals surface area (Å²) in [5, 5.41) is 1.72. The lowest BCUT2D eigenvalue weighted by Crippen LogP contribution is -2.38. The van der Waals surface area contributed by atoms with E-state index in [1.165, 1.54) is 22.0 Å². The predicted molar refractivity (Wildman–Crippen MR) is 97.1 cm³/mol. The Balaban J connectivity index is 1.97. The Labute approximate surface area is 150 Å². The molecule has 0 atom stereocenters. The Hall–Kier alpha value is -3.06. The number of hydrogen-bond acceptors (Lipinski definition) is 3. The molecular formula is C19H12F2N2O2S. The highest BCUT2D eigenvalue weighted by Crippen LogP contribution is 2.18. The van der Waals surface area contributed by atoms with Crippen molar-refractivity contribution in [3.8, 4) is 5.69 Å². The van der Waals surface area contributed by atoms with Crippen LogP contribution in [0, 0.1) is 11.6 Å². The monoisotopic (exact) mass is 370 g/mol. The molecule has 0 aliphatic heterocycles. The molecule has 4 rings (SSSR count). The van der Waals surface area contributed by atoms with Gasteiger partial charge in [-0.15, -0.1) is 11.3 Å². The van der Waals surface area contributed by atoms with Crippen molar-refractivity contribution < 1.29 is 8.78 Å². The molecule has 0 fully saturated rings. The lowest BCUT2D eigenvalue weighted by molar-refractivity contribution is 0.506. The third kappa shape index (κ3) is 2.66. The van der Waals surface area contributed by atoms with Crippen LogP contribution in [-0.4, -0.2) is 9.13 Å². The van der Waals surface area contributed by atoms with Crippen molar-refractivity contribution in [2.75, 3.05) is 0 Å². The van der Waals surface area contributed by atoms with E-state index in [0.29, 0.717) is 21.5 Å². The van der Waals surface area contributed by atoms with Crippen LogP contribution in [0.15, 0.2) is 69.6 Å². The molecule has 0 saturated carbocycles. The first-order chi connectivity index (χ1) is 12.6. The van der Waals surface area contributed by atoms with Gasteiger partial charge in [-0.1, -0.05) is 24.3 Å². The van der Waals surface area contributed by atoms with Crippen LogP contribution in [0.1, 0.15) is 5.56 Å². The molecule has 2 aromatic carbocycles. The van der Waals surface area contributed by atoms with Gasteiger partial charge in [0.15, 0.2) is 11.6 Å². The average Bonchev–Trinajstić information content (AvgIpc) is 3.13. The zero-order valence-corrected chi connectivity index (χ0v) is 14.2. The van der Waals surface area contributed by atoms with Gasteiger partial charge >= 0.3 is 5.69 Å². The molecule has 0 amide bonds. The van der Waals surface area contributed by atoms with Gasteiger partial charge in [-0.2, -0.15) is 0 Å². The molecule has 0 saturated heterocycles. The summed E-state index contributed by atoms with van der Waals surface area (Å²) in [6, 6.07) is 13.8. The number of fused-ring (bicyclic) bond motifs is 1. The quantitative estimate of drug-likeness (QED) is 0.554. The van der Waals surface area contributed by atoms with Crippen LogP contribution >= 0.6 is 11.3 Å². The number of halogens is 2. The van der Waals surface area contributed by atoms with Crippen LogP contribution in [0.2, 0.25) is 0 Å². The van der Waals surface area contributed by atoms with Gasteiger partial charge in [0.2, 0.25) is 0 Å². The van der Waals surface area contributed by atoms with Crippen molar-refractivity contribution in [1.82, 2.24) is 9.13 Å².